The van der Waals surface area contributed by atoms with Crippen LogP contribution in [0.15, 0.2) is 30.3 Å². The van der Waals surface area contributed by atoms with E-state index in [-0.39, 0.29) is 30.1 Å². The molecule has 244 valence electrons. The summed E-state index contributed by atoms with van der Waals surface area (Å²) in [5, 5.41) is 47.7. The molecular weight excluding hydrogens is 570 g/mol. The molecule has 6 N–H and O–H groups in total. The number of carbonyl (C=O) groups excluding carboxylic acids is 3. The van der Waals surface area contributed by atoms with Gasteiger partial charge in [-0.15, -0.1) is 0 Å². The highest BCUT2D eigenvalue weighted by atomic mass is 16.4. The molecule has 5 rings (SSSR count). The van der Waals surface area contributed by atoms with E-state index in [4.69, 9.17) is 5.73 Å². The van der Waals surface area contributed by atoms with Crippen LogP contribution in [0.4, 0.5) is 0 Å². The standard InChI is InChI=1S/C37H49NO7/c1-17(2)19-10-12-20(13-11-19)21-14-23(34(5,6)7)28(39)24-22(21)15-35(8)16-36(9)26(18(3)4)30(41)25(33(38)44)31(42)37(36,45)32(43)27(35)29(24)40/h10-14,17-18,25-27,30,32,39,41,43,45H,15-16H2,1-9H3,(H2,38,44)/t25-,26+,27-,30?,32?,35-,36-,37+/m1/s1. The summed E-state index contributed by atoms with van der Waals surface area (Å²) >= 11 is 0. The van der Waals surface area contributed by atoms with Crippen LogP contribution in [-0.2, 0) is 21.4 Å². The van der Waals surface area contributed by atoms with Gasteiger partial charge in [0.1, 0.15) is 17.8 Å². The Morgan fingerprint density at radius 1 is 1.02 bits per heavy atom. The lowest BCUT2D eigenvalue weighted by molar-refractivity contribution is -0.265. The SMILES string of the molecule is CC(C)c1ccc(-c2cc(C(C)(C)C)c(O)c3c2C[C@]2(C)C[C@]4(C)[C@@H](C(C)C)C(O)[C@@H](C(N)=O)C(=O)[C@]4(O)C(O)[C@H]2C3=O)cc1. The van der Waals surface area contributed by atoms with Crippen molar-refractivity contribution in [3.8, 4) is 16.9 Å². The quantitative estimate of drug-likeness (QED) is 0.311. The van der Waals surface area contributed by atoms with E-state index >= 15 is 0 Å². The summed E-state index contributed by atoms with van der Waals surface area (Å²) < 4.78 is 0. The van der Waals surface area contributed by atoms with Crippen LogP contribution in [0.25, 0.3) is 11.1 Å². The van der Waals surface area contributed by atoms with E-state index in [2.05, 4.69) is 26.0 Å². The van der Waals surface area contributed by atoms with Crippen LogP contribution in [0.1, 0.15) is 102 Å². The predicted octanol–water partition coefficient (Wildman–Crippen LogP) is 4.66. The van der Waals surface area contributed by atoms with Gasteiger partial charge in [-0.2, -0.15) is 0 Å². The number of hydrogen-bond acceptors (Lipinski definition) is 7. The molecule has 8 heteroatoms. The molecule has 2 aromatic carbocycles. The number of ketones is 2. The number of primary amides is 1. The summed E-state index contributed by atoms with van der Waals surface area (Å²) in [6, 6.07) is 10.1. The van der Waals surface area contributed by atoms with E-state index in [1.54, 1.807) is 6.92 Å². The number of rotatable bonds is 4. The minimum absolute atomic E-state index is 0.0919. The van der Waals surface area contributed by atoms with Crippen LogP contribution >= 0.6 is 0 Å². The Morgan fingerprint density at radius 2 is 1.60 bits per heavy atom. The smallest absolute Gasteiger partial charge is 0.230 e. The van der Waals surface area contributed by atoms with Gasteiger partial charge in [-0.3, -0.25) is 14.4 Å². The van der Waals surface area contributed by atoms with E-state index in [1.807, 2.05) is 59.7 Å². The average molecular weight is 620 g/mol. The number of nitrogens with two attached hydrogens (primary N) is 1. The van der Waals surface area contributed by atoms with Crippen molar-refractivity contribution in [3.05, 3.63) is 52.6 Å². The van der Waals surface area contributed by atoms with Crippen LogP contribution in [0.5, 0.6) is 5.75 Å². The first kappa shape index (κ1) is 33.3. The molecule has 0 bridgehead atoms. The molecule has 45 heavy (non-hydrogen) atoms. The van der Waals surface area contributed by atoms with Crippen LogP contribution in [0, 0.1) is 34.5 Å². The second-order valence-corrected chi connectivity index (χ2v) is 16.2. The number of Topliss-reactive ketones (excluding diaryl/α,β-unsaturated/α-hetero) is 2. The zero-order valence-electron chi connectivity index (χ0n) is 27.9. The molecule has 2 aromatic rings. The molecule has 3 aliphatic carbocycles. The van der Waals surface area contributed by atoms with E-state index in [0.717, 1.165) is 11.1 Å². The van der Waals surface area contributed by atoms with Crippen molar-refractivity contribution < 1.29 is 34.8 Å². The van der Waals surface area contributed by atoms with Gasteiger partial charge >= 0.3 is 0 Å². The fourth-order valence-corrected chi connectivity index (χ4v) is 9.48. The maximum atomic E-state index is 14.7. The van der Waals surface area contributed by atoms with Crippen LogP contribution < -0.4 is 5.73 Å². The molecule has 8 atom stereocenters. The van der Waals surface area contributed by atoms with Gasteiger partial charge in [0.05, 0.1) is 17.6 Å². The molecule has 0 aromatic heterocycles. The number of aliphatic hydroxyl groups is 3. The van der Waals surface area contributed by atoms with Crippen LogP contribution in [0.3, 0.4) is 0 Å². The lowest BCUT2D eigenvalue weighted by Gasteiger charge is -2.66. The summed E-state index contributed by atoms with van der Waals surface area (Å²) in [4.78, 5) is 41.2. The minimum Gasteiger partial charge on any atom is -0.507 e. The first-order chi connectivity index (χ1) is 20.6. The Balaban J connectivity index is 1.78. The molecule has 0 saturated heterocycles. The Labute approximate surface area is 266 Å². The Bertz CT molecular complexity index is 1570. The average Bonchev–Trinajstić information content (AvgIpc) is 2.89. The molecule has 0 radical (unpaired) electrons. The summed E-state index contributed by atoms with van der Waals surface area (Å²) in [6.07, 6.45) is -2.99. The van der Waals surface area contributed by atoms with E-state index in [1.165, 1.54) is 5.56 Å². The molecule has 2 unspecified atom stereocenters. The summed E-state index contributed by atoms with van der Waals surface area (Å²) in [5.41, 5.74) is 4.33. The van der Waals surface area contributed by atoms with Gasteiger partial charge < -0.3 is 26.2 Å². The highest BCUT2D eigenvalue weighted by Gasteiger charge is 2.76. The molecule has 0 aliphatic heterocycles. The highest BCUT2D eigenvalue weighted by Crippen LogP contribution is 2.66. The summed E-state index contributed by atoms with van der Waals surface area (Å²) in [7, 11) is 0. The zero-order chi connectivity index (χ0) is 33.8. The maximum absolute atomic E-state index is 14.7. The van der Waals surface area contributed by atoms with E-state index in [0.29, 0.717) is 17.0 Å². The molecule has 0 spiro atoms. The Kier molecular flexibility index (Phi) is 7.75. The monoisotopic (exact) mass is 619 g/mol. The van der Waals surface area contributed by atoms with Crippen molar-refractivity contribution in [1.29, 1.82) is 0 Å². The molecule has 1 amide bonds. The van der Waals surface area contributed by atoms with Gasteiger partial charge in [0.25, 0.3) is 0 Å². The third-order valence-corrected chi connectivity index (χ3v) is 11.5. The Morgan fingerprint density at radius 3 is 2.09 bits per heavy atom. The first-order valence-corrected chi connectivity index (χ1v) is 16.1. The topological polar surface area (TPSA) is 158 Å². The highest BCUT2D eigenvalue weighted by molar-refractivity contribution is 6.10. The van der Waals surface area contributed by atoms with Gasteiger partial charge in [-0.25, -0.2) is 0 Å². The Hall–Kier alpha value is -3.07. The van der Waals surface area contributed by atoms with Gasteiger partial charge in [-0.1, -0.05) is 86.6 Å². The molecule has 0 heterocycles. The molecule has 2 fully saturated rings. The molecule has 2 saturated carbocycles. The van der Waals surface area contributed by atoms with Crippen molar-refractivity contribution in [3.63, 3.8) is 0 Å². The van der Waals surface area contributed by atoms with Crippen molar-refractivity contribution in [2.75, 3.05) is 0 Å². The number of phenolic OH excluding ortho intramolecular Hbond substituents is 1. The third kappa shape index (κ3) is 4.54. The number of carbonyl (C=O) groups is 3. The largest absolute Gasteiger partial charge is 0.507 e. The fraction of sp³-hybridized carbons (Fsp3) is 0.595. The molecular formula is C37H49NO7. The number of amides is 1. The number of fused-ring (bicyclic) bond motifs is 3. The van der Waals surface area contributed by atoms with Crippen molar-refractivity contribution in [1.82, 2.24) is 0 Å². The third-order valence-electron chi connectivity index (χ3n) is 11.5. The lowest BCUT2D eigenvalue weighted by Crippen LogP contribution is -2.79. The number of aliphatic hydroxyl groups excluding tert-OH is 2. The minimum atomic E-state index is -2.54. The molecule has 8 nitrogen and oxygen atoms in total. The number of hydrogen-bond donors (Lipinski definition) is 5. The maximum Gasteiger partial charge on any atom is 0.230 e. The van der Waals surface area contributed by atoms with Crippen LogP contribution in [-0.4, -0.2) is 55.7 Å². The normalized spacial score (nSPS) is 34.8. The first-order valence-electron chi connectivity index (χ1n) is 16.1. The second-order valence-electron chi connectivity index (χ2n) is 16.2. The van der Waals surface area contributed by atoms with Crippen molar-refractivity contribution >= 4 is 17.5 Å². The lowest BCUT2D eigenvalue weighted by atomic mass is 9.39. The summed E-state index contributed by atoms with van der Waals surface area (Å²) in [5.74, 6) is -6.63. The van der Waals surface area contributed by atoms with Crippen molar-refractivity contribution in [2.45, 2.75) is 104 Å². The van der Waals surface area contributed by atoms with E-state index < -0.39 is 69.3 Å². The second kappa shape index (κ2) is 10.5. The van der Waals surface area contributed by atoms with Crippen molar-refractivity contribution in [2.24, 2.45) is 40.2 Å². The number of benzene rings is 2. The van der Waals surface area contributed by atoms with Gasteiger partial charge in [0, 0.05) is 11.0 Å². The van der Waals surface area contributed by atoms with Gasteiger partial charge in [-0.05, 0) is 69.7 Å². The fourth-order valence-electron chi connectivity index (χ4n) is 9.48. The number of aromatic hydroxyl groups is 1. The van der Waals surface area contributed by atoms with Gasteiger partial charge in [0.2, 0.25) is 5.91 Å². The van der Waals surface area contributed by atoms with Gasteiger partial charge in [0.15, 0.2) is 17.2 Å². The number of phenols is 1. The zero-order valence-corrected chi connectivity index (χ0v) is 27.9. The predicted molar refractivity (Wildman–Crippen MR) is 172 cm³/mol. The van der Waals surface area contributed by atoms with E-state index in [9.17, 15) is 34.8 Å². The summed E-state index contributed by atoms with van der Waals surface area (Å²) in [6.45, 7) is 17.3. The van der Waals surface area contributed by atoms with Crippen LogP contribution in [0.2, 0.25) is 0 Å². The molecule has 3 aliphatic rings.